The minimum absolute atomic E-state index is 0.226. The molecule has 0 spiro atoms. The van der Waals surface area contributed by atoms with Gasteiger partial charge in [-0.05, 0) is 86.6 Å². The van der Waals surface area contributed by atoms with Gasteiger partial charge >= 0.3 is 6.09 Å². The summed E-state index contributed by atoms with van der Waals surface area (Å²) in [6.45, 7) is 10.6. The minimum Gasteiger partial charge on any atom is -0.488 e. The Morgan fingerprint density at radius 1 is 0.735 bits per heavy atom. The Bertz CT molecular complexity index is 1630. The van der Waals surface area contributed by atoms with Crippen LogP contribution in [0.1, 0.15) is 62.9 Å². The third kappa shape index (κ3) is 8.69. The molecule has 1 N–H and O–H groups in total. The summed E-state index contributed by atoms with van der Waals surface area (Å²) in [6, 6.07) is 31.6. The average molecular weight is 665 g/mol. The van der Waals surface area contributed by atoms with Gasteiger partial charge in [0.15, 0.2) is 6.29 Å². The number of hydrogen-bond donors (Lipinski definition) is 1. The van der Waals surface area contributed by atoms with Gasteiger partial charge in [-0.1, -0.05) is 91.0 Å². The second-order valence-corrected chi connectivity index (χ2v) is 13.1. The third-order valence-corrected chi connectivity index (χ3v) is 8.50. The first kappa shape index (κ1) is 35.6. The molecule has 258 valence electrons. The van der Waals surface area contributed by atoms with E-state index >= 15 is 0 Å². The van der Waals surface area contributed by atoms with Gasteiger partial charge < -0.3 is 24.3 Å². The first-order valence-electron chi connectivity index (χ1n) is 17.0. The maximum atomic E-state index is 14.9. The summed E-state index contributed by atoms with van der Waals surface area (Å²) >= 11 is 0. The van der Waals surface area contributed by atoms with E-state index in [2.05, 4.69) is 17.4 Å². The lowest BCUT2D eigenvalue weighted by Gasteiger charge is -2.37. The topological polar surface area (TPSA) is 86.3 Å². The van der Waals surface area contributed by atoms with Crippen LogP contribution in [0, 0.1) is 0 Å². The van der Waals surface area contributed by atoms with Crippen LogP contribution in [0.2, 0.25) is 0 Å². The van der Waals surface area contributed by atoms with Crippen LogP contribution in [0.3, 0.4) is 0 Å². The summed E-state index contributed by atoms with van der Waals surface area (Å²) in [7, 11) is 1.36. The van der Waals surface area contributed by atoms with Gasteiger partial charge in [-0.2, -0.15) is 0 Å². The zero-order valence-electron chi connectivity index (χ0n) is 29.3. The van der Waals surface area contributed by atoms with E-state index in [1.807, 2.05) is 126 Å². The van der Waals surface area contributed by atoms with Crippen LogP contribution in [0.15, 0.2) is 103 Å². The molecule has 0 bridgehead atoms. The molecule has 4 aromatic carbocycles. The first-order chi connectivity index (χ1) is 23.6. The molecule has 5 rings (SSSR count). The van der Waals surface area contributed by atoms with E-state index in [-0.39, 0.29) is 17.9 Å². The van der Waals surface area contributed by atoms with Crippen LogP contribution in [-0.4, -0.2) is 61.2 Å². The van der Waals surface area contributed by atoms with Crippen molar-refractivity contribution in [1.82, 2.24) is 10.2 Å². The Hall–Kier alpha value is -4.66. The van der Waals surface area contributed by atoms with Crippen molar-refractivity contribution in [3.05, 3.63) is 125 Å². The van der Waals surface area contributed by atoms with Gasteiger partial charge in [-0.3, -0.25) is 9.69 Å². The number of benzene rings is 4. The summed E-state index contributed by atoms with van der Waals surface area (Å²) < 4.78 is 23.6. The molecule has 2 atom stereocenters. The predicted octanol–water partition coefficient (Wildman–Crippen LogP) is 7.74. The van der Waals surface area contributed by atoms with E-state index in [9.17, 15) is 9.59 Å². The second kappa shape index (κ2) is 16.2. The fourth-order valence-electron chi connectivity index (χ4n) is 6.51. The SMILES string of the molecule is CCOC(OCC)C(Cc1ccccc1)NC(=O)[C@H](Cc1ccc(OC(C)(C)C)cc1)N(C(=O)OC)C1c2ccccc2-c2ccccc21. The Morgan fingerprint density at radius 3 is 1.80 bits per heavy atom. The molecule has 0 aromatic heterocycles. The highest BCUT2D eigenvalue weighted by atomic mass is 16.7. The molecule has 4 aromatic rings. The van der Waals surface area contributed by atoms with E-state index in [4.69, 9.17) is 18.9 Å². The highest BCUT2D eigenvalue weighted by Gasteiger charge is 2.43. The van der Waals surface area contributed by atoms with Crippen LogP contribution in [-0.2, 0) is 31.8 Å². The van der Waals surface area contributed by atoms with Gasteiger partial charge in [0.2, 0.25) is 5.91 Å². The molecule has 0 fully saturated rings. The van der Waals surface area contributed by atoms with Gasteiger partial charge in [0, 0.05) is 19.6 Å². The van der Waals surface area contributed by atoms with Crippen molar-refractivity contribution < 1.29 is 28.5 Å². The highest BCUT2D eigenvalue weighted by Crippen LogP contribution is 2.47. The maximum absolute atomic E-state index is 14.9. The highest BCUT2D eigenvalue weighted by molar-refractivity contribution is 5.88. The van der Waals surface area contributed by atoms with Gasteiger partial charge in [0.25, 0.3) is 0 Å². The van der Waals surface area contributed by atoms with Gasteiger partial charge in [0.05, 0.1) is 19.2 Å². The lowest BCUT2D eigenvalue weighted by atomic mass is 9.97. The number of ether oxygens (including phenoxy) is 4. The molecule has 0 saturated heterocycles. The number of carbonyl (C=O) groups excluding carboxylic acids is 2. The molecule has 1 unspecified atom stereocenters. The van der Waals surface area contributed by atoms with Crippen molar-refractivity contribution in [2.24, 2.45) is 0 Å². The molecule has 0 radical (unpaired) electrons. The van der Waals surface area contributed by atoms with Crippen molar-refractivity contribution in [2.45, 2.75) is 77.5 Å². The van der Waals surface area contributed by atoms with Crippen LogP contribution in [0.5, 0.6) is 5.75 Å². The average Bonchev–Trinajstić information content (AvgIpc) is 3.42. The number of nitrogens with zero attached hydrogens (tertiary/aromatic N) is 1. The molecule has 8 nitrogen and oxygen atoms in total. The summed E-state index contributed by atoms with van der Waals surface area (Å²) in [5, 5.41) is 3.27. The largest absolute Gasteiger partial charge is 0.488 e. The smallest absolute Gasteiger partial charge is 0.410 e. The third-order valence-electron chi connectivity index (χ3n) is 8.50. The Balaban J connectivity index is 1.58. The van der Waals surface area contributed by atoms with Crippen molar-refractivity contribution in [3.8, 4) is 16.9 Å². The fraction of sp³-hybridized carbons (Fsp3) is 0.366. The summed E-state index contributed by atoms with van der Waals surface area (Å²) in [5.41, 5.74) is 5.43. The number of fused-ring (bicyclic) bond motifs is 3. The van der Waals surface area contributed by atoms with Crippen molar-refractivity contribution in [3.63, 3.8) is 0 Å². The quantitative estimate of drug-likeness (QED) is 0.139. The molecule has 1 aliphatic rings. The normalized spacial score (nSPS) is 13.7. The monoisotopic (exact) mass is 664 g/mol. The molecule has 8 heteroatoms. The second-order valence-electron chi connectivity index (χ2n) is 13.1. The number of nitrogens with one attached hydrogen (secondary N) is 1. The number of carbonyl (C=O) groups is 2. The molecule has 2 amide bonds. The summed E-state index contributed by atoms with van der Waals surface area (Å²) in [4.78, 5) is 30.5. The molecule has 49 heavy (non-hydrogen) atoms. The lowest BCUT2D eigenvalue weighted by Crippen LogP contribution is -2.56. The van der Waals surface area contributed by atoms with E-state index in [0.717, 1.165) is 39.1 Å². The van der Waals surface area contributed by atoms with Gasteiger partial charge in [-0.25, -0.2) is 4.79 Å². The van der Waals surface area contributed by atoms with Crippen LogP contribution < -0.4 is 10.1 Å². The number of amides is 2. The first-order valence-corrected chi connectivity index (χ1v) is 17.0. The van der Waals surface area contributed by atoms with E-state index in [1.54, 1.807) is 4.90 Å². The van der Waals surface area contributed by atoms with E-state index in [1.165, 1.54) is 7.11 Å². The lowest BCUT2D eigenvalue weighted by molar-refractivity contribution is -0.159. The summed E-state index contributed by atoms with van der Waals surface area (Å²) in [6.07, 6.45) is -0.608. The van der Waals surface area contributed by atoms with Crippen molar-refractivity contribution in [2.75, 3.05) is 20.3 Å². The molecule has 0 heterocycles. The van der Waals surface area contributed by atoms with Crippen LogP contribution >= 0.6 is 0 Å². The van der Waals surface area contributed by atoms with Crippen LogP contribution in [0.25, 0.3) is 11.1 Å². The molecule has 1 aliphatic carbocycles. The predicted molar refractivity (Wildman–Crippen MR) is 191 cm³/mol. The van der Waals surface area contributed by atoms with Crippen LogP contribution in [0.4, 0.5) is 4.79 Å². The summed E-state index contributed by atoms with van der Waals surface area (Å²) in [5.74, 6) is 0.382. The van der Waals surface area contributed by atoms with E-state index < -0.39 is 30.5 Å². The zero-order chi connectivity index (χ0) is 35.0. The Labute approximate surface area is 290 Å². The Morgan fingerprint density at radius 2 is 1.27 bits per heavy atom. The molecule has 0 aliphatic heterocycles. The minimum atomic E-state index is -0.965. The number of methoxy groups -OCH3 is 1. The van der Waals surface area contributed by atoms with Gasteiger partial charge in [0.1, 0.15) is 17.4 Å². The number of hydrogen-bond acceptors (Lipinski definition) is 6. The molecular weight excluding hydrogens is 616 g/mol. The molecule has 0 saturated carbocycles. The standard InChI is InChI=1S/C41H48N2O6/c1-7-47-39(48-8-2)35(26-28-16-10-9-11-17-28)42-38(44)36(27-29-22-24-30(25-23-29)49-41(3,4)5)43(40(45)46-6)37-33-20-14-12-18-31(33)32-19-13-15-21-34(32)37/h9-25,35-37,39H,7-8,26-27H2,1-6H3,(H,42,44)/t35?,36-/m0/s1. The molecular formula is C41H48N2O6. The van der Waals surface area contributed by atoms with Crippen molar-refractivity contribution >= 4 is 12.0 Å². The fourth-order valence-corrected chi connectivity index (χ4v) is 6.51. The van der Waals surface area contributed by atoms with Gasteiger partial charge in [-0.15, -0.1) is 0 Å². The van der Waals surface area contributed by atoms with Crippen molar-refractivity contribution in [1.29, 1.82) is 0 Å². The zero-order valence-corrected chi connectivity index (χ0v) is 29.3. The van der Waals surface area contributed by atoms with E-state index in [0.29, 0.717) is 19.6 Å². The number of rotatable bonds is 14. The maximum Gasteiger partial charge on any atom is 0.410 e. The Kier molecular flexibility index (Phi) is 11.8.